The van der Waals surface area contributed by atoms with Gasteiger partial charge in [-0.2, -0.15) is 5.10 Å². The maximum Gasteiger partial charge on any atom is 0.315 e. The summed E-state index contributed by atoms with van der Waals surface area (Å²) in [7, 11) is 1.71. The molecule has 0 bridgehead atoms. The van der Waals surface area contributed by atoms with Crippen molar-refractivity contribution in [2.24, 2.45) is 7.05 Å². The van der Waals surface area contributed by atoms with Crippen molar-refractivity contribution in [3.63, 3.8) is 0 Å². The lowest BCUT2D eigenvalue weighted by Gasteiger charge is -2.08. The fraction of sp³-hybridized carbons (Fsp3) is 0.312. The van der Waals surface area contributed by atoms with E-state index in [2.05, 4.69) is 15.7 Å². The van der Waals surface area contributed by atoms with Gasteiger partial charge < -0.3 is 10.6 Å². The van der Waals surface area contributed by atoms with Crippen LogP contribution in [0.5, 0.6) is 0 Å². The van der Waals surface area contributed by atoms with Gasteiger partial charge in [0.15, 0.2) is 0 Å². The quantitative estimate of drug-likeness (QED) is 0.830. The first-order chi connectivity index (χ1) is 10.5. The van der Waals surface area contributed by atoms with Crippen LogP contribution in [0, 0.1) is 6.92 Å². The van der Waals surface area contributed by atoms with Gasteiger partial charge >= 0.3 is 11.8 Å². The van der Waals surface area contributed by atoms with Crippen LogP contribution in [0.15, 0.2) is 24.3 Å². The molecule has 0 fully saturated rings. The van der Waals surface area contributed by atoms with Gasteiger partial charge in [-0.3, -0.25) is 14.3 Å². The predicted molar refractivity (Wildman–Crippen MR) is 83.7 cm³/mol. The number of benzene rings is 1. The first-order valence-corrected chi connectivity index (χ1v) is 7.28. The van der Waals surface area contributed by atoms with Gasteiger partial charge in [-0.25, -0.2) is 0 Å². The van der Waals surface area contributed by atoms with E-state index >= 15 is 0 Å². The topological polar surface area (TPSA) is 76.0 Å². The minimum Gasteiger partial charge on any atom is -0.318 e. The summed E-state index contributed by atoms with van der Waals surface area (Å²) >= 11 is 0. The molecule has 6 nitrogen and oxygen atoms in total. The van der Waals surface area contributed by atoms with Crippen LogP contribution in [0.4, 0.5) is 11.5 Å². The minimum atomic E-state index is -0.705. The van der Waals surface area contributed by atoms with Crippen molar-refractivity contribution in [2.45, 2.75) is 26.2 Å². The standard InChI is InChI=1S/C16H18N4O2/c1-10-8-14(20(2)19-10)18-16(22)15(21)17-13-7-6-11-4-3-5-12(11)9-13/h6-9H,3-5H2,1-2H3,(H,17,21)(H,18,22). The van der Waals surface area contributed by atoms with E-state index in [1.54, 1.807) is 13.1 Å². The Labute approximate surface area is 128 Å². The third-order valence-corrected chi connectivity index (χ3v) is 3.81. The first kappa shape index (κ1) is 14.3. The molecule has 1 aromatic heterocycles. The summed E-state index contributed by atoms with van der Waals surface area (Å²) in [4.78, 5) is 23.9. The molecule has 0 saturated carbocycles. The highest BCUT2D eigenvalue weighted by Gasteiger charge is 2.17. The molecule has 2 aromatic rings. The van der Waals surface area contributed by atoms with Crippen LogP contribution in [0.3, 0.4) is 0 Å². The Hall–Kier alpha value is -2.63. The zero-order chi connectivity index (χ0) is 15.7. The van der Waals surface area contributed by atoms with Crippen LogP contribution in [0.2, 0.25) is 0 Å². The zero-order valence-corrected chi connectivity index (χ0v) is 12.6. The summed E-state index contributed by atoms with van der Waals surface area (Å²) in [5.41, 5.74) is 4.01. The number of carbonyl (C=O) groups is 2. The predicted octanol–water partition coefficient (Wildman–Crippen LogP) is 1.79. The minimum absolute atomic E-state index is 0.492. The average Bonchev–Trinajstić information content (AvgIpc) is 3.05. The van der Waals surface area contributed by atoms with E-state index in [4.69, 9.17) is 0 Å². The summed E-state index contributed by atoms with van der Waals surface area (Å²) < 4.78 is 1.52. The molecule has 6 heteroatoms. The summed E-state index contributed by atoms with van der Waals surface area (Å²) in [6, 6.07) is 7.51. The third kappa shape index (κ3) is 2.86. The second kappa shape index (κ2) is 5.63. The highest BCUT2D eigenvalue weighted by molar-refractivity contribution is 6.43. The summed E-state index contributed by atoms with van der Waals surface area (Å²) in [5.74, 6) is -0.896. The van der Waals surface area contributed by atoms with Gasteiger partial charge in [0.25, 0.3) is 0 Å². The highest BCUT2D eigenvalue weighted by atomic mass is 16.2. The lowest BCUT2D eigenvalue weighted by atomic mass is 10.1. The van der Waals surface area contributed by atoms with Gasteiger partial charge in [0, 0.05) is 18.8 Å². The number of aryl methyl sites for hydroxylation is 4. The largest absolute Gasteiger partial charge is 0.318 e. The van der Waals surface area contributed by atoms with Gasteiger partial charge in [-0.1, -0.05) is 6.07 Å². The molecular formula is C16H18N4O2. The molecule has 0 saturated heterocycles. The molecule has 1 aliphatic carbocycles. The Morgan fingerprint density at radius 3 is 2.55 bits per heavy atom. The monoisotopic (exact) mass is 298 g/mol. The van der Waals surface area contributed by atoms with Crippen molar-refractivity contribution in [3.8, 4) is 0 Å². The van der Waals surface area contributed by atoms with Crippen LogP contribution in [0.1, 0.15) is 23.2 Å². The number of carbonyl (C=O) groups excluding carboxylic acids is 2. The molecule has 1 aliphatic rings. The number of fused-ring (bicyclic) bond motifs is 1. The van der Waals surface area contributed by atoms with Crippen molar-refractivity contribution in [2.75, 3.05) is 10.6 Å². The molecular weight excluding hydrogens is 280 g/mol. The number of anilines is 2. The Morgan fingerprint density at radius 1 is 1.09 bits per heavy atom. The van der Waals surface area contributed by atoms with Crippen LogP contribution >= 0.6 is 0 Å². The molecule has 0 aliphatic heterocycles. The van der Waals surface area contributed by atoms with E-state index in [1.165, 1.54) is 15.8 Å². The number of hydrogen-bond donors (Lipinski definition) is 2. The summed E-state index contributed by atoms with van der Waals surface area (Å²) in [5, 5.41) is 9.31. The van der Waals surface area contributed by atoms with E-state index in [9.17, 15) is 9.59 Å². The van der Waals surface area contributed by atoms with Crippen molar-refractivity contribution in [3.05, 3.63) is 41.1 Å². The Kier molecular flexibility index (Phi) is 3.66. The van der Waals surface area contributed by atoms with E-state index in [0.717, 1.165) is 25.0 Å². The maximum atomic E-state index is 12.0. The fourth-order valence-corrected chi connectivity index (χ4v) is 2.74. The van der Waals surface area contributed by atoms with Gasteiger partial charge in [-0.05, 0) is 49.4 Å². The third-order valence-electron chi connectivity index (χ3n) is 3.81. The lowest BCUT2D eigenvalue weighted by molar-refractivity contribution is -0.133. The molecule has 22 heavy (non-hydrogen) atoms. The van der Waals surface area contributed by atoms with Gasteiger partial charge in [0.2, 0.25) is 0 Å². The highest BCUT2D eigenvalue weighted by Crippen LogP contribution is 2.24. The molecule has 3 rings (SSSR count). The zero-order valence-electron chi connectivity index (χ0n) is 12.6. The Bertz CT molecular complexity index is 749. The first-order valence-electron chi connectivity index (χ1n) is 7.28. The normalized spacial score (nSPS) is 12.8. The molecule has 1 aromatic carbocycles. The molecule has 2 N–H and O–H groups in total. The summed E-state index contributed by atoms with van der Waals surface area (Å²) in [6.45, 7) is 1.82. The second-order valence-electron chi connectivity index (χ2n) is 5.54. The van der Waals surface area contributed by atoms with Gasteiger partial charge in [0.1, 0.15) is 5.82 Å². The van der Waals surface area contributed by atoms with Gasteiger partial charge in [0.05, 0.1) is 5.69 Å². The number of rotatable bonds is 2. The van der Waals surface area contributed by atoms with Crippen LogP contribution in [-0.2, 0) is 29.5 Å². The number of amides is 2. The Balaban J connectivity index is 1.66. The molecule has 0 unspecified atom stereocenters. The number of hydrogen-bond acceptors (Lipinski definition) is 3. The number of nitrogens with zero attached hydrogens (tertiary/aromatic N) is 2. The molecule has 0 spiro atoms. The van der Waals surface area contributed by atoms with Crippen molar-refractivity contribution < 1.29 is 9.59 Å². The summed E-state index contributed by atoms with van der Waals surface area (Å²) in [6.07, 6.45) is 3.26. The molecule has 114 valence electrons. The Morgan fingerprint density at radius 2 is 1.82 bits per heavy atom. The molecule has 1 heterocycles. The molecule has 0 radical (unpaired) electrons. The average molecular weight is 298 g/mol. The number of nitrogens with one attached hydrogen (secondary N) is 2. The van der Waals surface area contributed by atoms with Crippen molar-refractivity contribution in [1.29, 1.82) is 0 Å². The smallest absolute Gasteiger partial charge is 0.315 e. The van der Waals surface area contributed by atoms with E-state index < -0.39 is 11.8 Å². The SMILES string of the molecule is Cc1cc(NC(=O)C(=O)Nc2ccc3c(c2)CCC3)n(C)n1. The van der Waals surface area contributed by atoms with Crippen LogP contribution in [-0.4, -0.2) is 21.6 Å². The molecule has 2 amide bonds. The lowest BCUT2D eigenvalue weighted by Crippen LogP contribution is -2.29. The van der Waals surface area contributed by atoms with Crippen molar-refractivity contribution >= 4 is 23.3 Å². The van der Waals surface area contributed by atoms with E-state index in [-0.39, 0.29) is 0 Å². The van der Waals surface area contributed by atoms with Crippen LogP contribution in [0.25, 0.3) is 0 Å². The molecule has 0 atom stereocenters. The second-order valence-corrected chi connectivity index (χ2v) is 5.54. The number of aromatic nitrogens is 2. The van der Waals surface area contributed by atoms with Crippen LogP contribution < -0.4 is 10.6 Å². The van der Waals surface area contributed by atoms with Gasteiger partial charge in [-0.15, -0.1) is 0 Å². The van der Waals surface area contributed by atoms with Crippen molar-refractivity contribution in [1.82, 2.24) is 9.78 Å². The fourth-order valence-electron chi connectivity index (χ4n) is 2.74. The van der Waals surface area contributed by atoms with E-state index in [0.29, 0.717) is 11.5 Å². The van der Waals surface area contributed by atoms with E-state index in [1.807, 2.05) is 25.1 Å². The maximum absolute atomic E-state index is 12.0.